The summed E-state index contributed by atoms with van der Waals surface area (Å²) in [5.74, 6) is 0.801. The van der Waals surface area contributed by atoms with Crippen molar-refractivity contribution in [3.8, 4) is 11.6 Å². The molecule has 0 amide bonds. The van der Waals surface area contributed by atoms with E-state index >= 15 is 0 Å². The van der Waals surface area contributed by atoms with Gasteiger partial charge >= 0.3 is 0 Å². The van der Waals surface area contributed by atoms with Crippen LogP contribution in [0.4, 0.5) is 0 Å². The molecule has 2 rings (SSSR count). The first kappa shape index (κ1) is 11.4. The summed E-state index contributed by atoms with van der Waals surface area (Å²) in [6.45, 7) is 3.30. The Kier molecular flexibility index (Phi) is 3.56. The minimum absolute atomic E-state index is 0.164. The van der Waals surface area contributed by atoms with E-state index < -0.39 is 0 Å². The van der Waals surface area contributed by atoms with Crippen molar-refractivity contribution in [3.63, 3.8) is 0 Å². The third-order valence-electron chi connectivity index (χ3n) is 2.22. The van der Waals surface area contributed by atoms with Crippen molar-refractivity contribution in [2.45, 2.75) is 13.5 Å². The first-order valence-electron chi connectivity index (χ1n) is 5.37. The van der Waals surface area contributed by atoms with Crippen LogP contribution in [0.3, 0.4) is 0 Å². The number of hydrogen-bond acceptors (Lipinski definition) is 5. The molecule has 88 valence electrons. The number of nitrogens with zero attached hydrogens (tertiary/aromatic N) is 3. The van der Waals surface area contributed by atoms with Crippen molar-refractivity contribution in [3.05, 3.63) is 40.6 Å². The van der Waals surface area contributed by atoms with Crippen LogP contribution >= 0.6 is 0 Å². The molecule has 6 nitrogen and oxygen atoms in total. The number of rotatable bonds is 4. The highest BCUT2D eigenvalue weighted by molar-refractivity contribution is 5.41. The Morgan fingerprint density at radius 2 is 2.06 bits per heavy atom. The summed E-state index contributed by atoms with van der Waals surface area (Å²) in [6.07, 6.45) is 4.76. The Morgan fingerprint density at radius 3 is 2.71 bits per heavy atom. The smallest absolute Gasteiger partial charge is 0.255 e. The minimum atomic E-state index is -0.164. The van der Waals surface area contributed by atoms with E-state index in [1.54, 1.807) is 24.7 Å². The Balaban J connectivity index is 2.28. The predicted octanol–water partition coefficient (Wildman–Crippen LogP) is 0.336. The lowest BCUT2D eigenvalue weighted by molar-refractivity contribution is 0.716. The fourth-order valence-corrected chi connectivity index (χ4v) is 1.34. The van der Waals surface area contributed by atoms with Gasteiger partial charge in [-0.05, 0) is 12.6 Å². The lowest BCUT2D eigenvalue weighted by Crippen LogP contribution is -2.21. The fourth-order valence-electron chi connectivity index (χ4n) is 1.34. The average Bonchev–Trinajstić information content (AvgIpc) is 2.38. The summed E-state index contributed by atoms with van der Waals surface area (Å²) in [7, 11) is 0. The molecule has 2 aromatic heterocycles. The molecule has 0 saturated heterocycles. The second-order valence-electron chi connectivity index (χ2n) is 3.44. The Hall–Kier alpha value is -2.08. The van der Waals surface area contributed by atoms with E-state index in [0.717, 1.165) is 6.54 Å². The molecule has 0 aliphatic rings. The van der Waals surface area contributed by atoms with Crippen LogP contribution in [0.1, 0.15) is 12.5 Å². The summed E-state index contributed by atoms with van der Waals surface area (Å²) in [5.41, 5.74) is 0.440. The third kappa shape index (κ3) is 2.73. The first-order valence-corrected chi connectivity index (χ1v) is 5.37. The molecule has 0 aliphatic heterocycles. The number of aromatic nitrogens is 4. The Bertz CT molecular complexity index is 537. The molecule has 0 fully saturated rings. The highest BCUT2D eigenvalue weighted by atomic mass is 16.1. The summed E-state index contributed by atoms with van der Waals surface area (Å²) < 4.78 is 0. The summed E-state index contributed by atoms with van der Waals surface area (Å²) in [5, 5.41) is 3.07. The molecule has 0 radical (unpaired) electrons. The van der Waals surface area contributed by atoms with Crippen LogP contribution in [0.25, 0.3) is 11.6 Å². The number of nitrogens with one attached hydrogen (secondary N) is 2. The zero-order valence-corrected chi connectivity index (χ0v) is 9.47. The van der Waals surface area contributed by atoms with Crippen LogP contribution in [0.5, 0.6) is 0 Å². The molecular formula is C11H13N5O. The molecule has 2 heterocycles. The maximum atomic E-state index is 11.7. The topological polar surface area (TPSA) is 83.6 Å². The van der Waals surface area contributed by atoms with Crippen molar-refractivity contribution >= 4 is 0 Å². The van der Waals surface area contributed by atoms with Gasteiger partial charge in [0, 0.05) is 30.7 Å². The highest BCUT2D eigenvalue weighted by Gasteiger charge is 2.05. The van der Waals surface area contributed by atoms with Crippen molar-refractivity contribution in [1.29, 1.82) is 0 Å². The minimum Gasteiger partial charge on any atom is -0.313 e. The standard InChI is InChI=1S/C11H13N5O/c1-2-12-6-8-7-15-10(16-11(8)17)9-13-4-3-5-14-9/h3-5,7,12H,2,6H2,1H3,(H,15,16,17). The van der Waals surface area contributed by atoms with Gasteiger partial charge in [0.15, 0.2) is 11.6 Å². The molecule has 17 heavy (non-hydrogen) atoms. The molecule has 0 atom stereocenters. The lowest BCUT2D eigenvalue weighted by atomic mass is 10.3. The second kappa shape index (κ2) is 5.31. The Morgan fingerprint density at radius 1 is 1.29 bits per heavy atom. The summed E-state index contributed by atoms with van der Waals surface area (Å²) in [6, 6.07) is 1.71. The van der Waals surface area contributed by atoms with E-state index in [1.807, 2.05) is 6.92 Å². The molecule has 0 aliphatic carbocycles. The molecule has 0 unspecified atom stereocenters. The van der Waals surface area contributed by atoms with Gasteiger partial charge < -0.3 is 10.3 Å². The molecule has 2 N–H and O–H groups in total. The normalized spacial score (nSPS) is 10.4. The van der Waals surface area contributed by atoms with E-state index in [-0.39, 0.29) is 5.56 Å². The van der Waals surface area contributed by atoms with E-state index in [0.29, 0.717) is 23.8 Å². The van der Waals surface area contributed by atoms with Gasteiger partial charge in [-0.3, -0.25) is 4.79 Å². The SMILES string of the molecule is CCNCc1cnc(-c2ncccn2)[nH]c1=O. The van der Waals surface area contributed by atoms with Crippen molar-refractivity contribution in [1.82, 2.24) is 25.3 Å². The van der Waals surface area contributed by atoms with E-state index in [9.17, 15) is 4.79 Å². The predicted molar refractivity (Wildman–Crippen MR) is 63.3 cm³/mol. The van der Waals surface area contributed by atoms with Crippen LogP contribution in [0.15, 0.2) is 29.5 Å². The molecule has 0 spiro atoms. The van der Waals surface area contributed by atoms with E-state index in [4.69, 9.17) is 0 Å². The zero-order chi connectivity index (χ0) is 12.1. The molecular weight excluding hydrogens is 218 g/mol. The van der Waals surface area contributed by atoms with E-state index in [2.05, 4.69) is 25.3 Å². The van der Waals surface area contributed by atoms with Crippen LogP contribution in [0, 0.1) is 0 Å². The first-order chi connectivity index (χ1) is 8.31. The molecule has 2 aromatic rings. The van der Waals surface area contributed by atoms with Crippen LogP contribution in [-0.2, 0) is 6.54 Å². The summed E-state index contributed by atoms with van der Waals surface area (Å²) >= 11 is 0. The van der Waals surface area contributed by atoms with Gasteiger partial charge in [-0.1, -0.05) is 6.92 Å². The molecule has 0 bridgehead atoms. The monoisotopic (exact) mass is 231 g/mol. The lowest BCUT2D eigenvalue weighted by Gasteiger charge is -2.02. The van der Waals surface area contributed by atoms with Gasteiger partial charge in [0.05, 0.1) is 0 Å². The van der Waals surface area contributed by atoms with Crippen molar-refractivity contribution in [2.24, 2.45) is 0 Å². The number of hydrogen-bond donors (Lipinski definition) is 2. The third-order valence-corrected chi connectivity index (χ3v) is 2.22. The van der Waals surface area contributed by atoms with Crippen molar-refractivity contribution in [2.75, 3.05) is 6.54 Å². The van der Waals surface area contributed by atoms with Gasteiger partial charge in [-0.25, -0.2) is 15.0 Å². The second-order valence-corrected chi connectivity index (χ2v) is 3.44. The fraction of sp³-hybridized carbons (Fsp3) is 0.273. The largest absolute Gasteiger partial charge is 0.313 e. The maximum absolute atomic E-state index is 11.7. The van der Waals surface area contributed by atoms with Gasteiger partial charge in [-0.2, -0.15) is 0 Å². The van der Waals surface area contributed by atoms with Crippen LogP contribution in [0.2, 0.25) is 0 Å². The van der Waals surface area contributed by atoms with Crippen LogP contribution < -0.4 is 10.9 Å². The van der Waals surface area contributed by atoms with Gasteiger partial charge in [0.2, 0.25) is 0 Å². The zero-order valence-electron chi connectivity index (χ0n) is 9.47. The molecule has 0 aromatic carbocycles. The quantitative estimate of drug-likeness (QED) is 0.792. The van der Waals surface area contributed by atoms with E-state index in [1.165, 1.54) is 0 Å². The average molecular weight is 231 g/mol. The van der Waals surface area contributed by atoms with Gasteiger partial charge in [0.25, 0.3) is 5.56 Å². The summed E-state index contributed by atoms with van der Waals surface area (Å²) in [4.78, 5) is 26.6. The van der Waals surface area contributed by atoms with Crippen LogP contribution in [-0.4, -0.2) is 26.5 Å². The molecule has 6 heteroatoms. The number of H-pyrrole nitrogens is 1. The highest BCUT2D eigenvalue weighted by Crippen LogP contribution is 2.04. The Labute approximate surface area is 98.2 Å². The van der Waals surface area contributed by atoms with Gasteiger partial charge in [0.1, 0.15) is 0 Å². The van der Waals surface area contributed by atoms with Crippen molar-refractivity contribution < 1.29 is 0 Å². The van der Waals surface area contributed by atoms with Gasteiger partial charge in [-0.15, -0.1) is 0 Å². The molecule has 0 saturated carbocycles. The maximum Gasteiger partial charge on any atom is 0.255 e. The number of aromatic amines is 1.